The van der Waals surface area contributed by atoms with Gasteiger partial charge in [0.15, 0.2) is 5.78 Å². The first kappa shape index (κ1) is 13.9. The number of halogens is 3. The van der Waals surface area contributed by atoms with Gasteiger partial charge in [0.2, 0.25) is 0 Å². The van der Waals surface area contributed by atoms with Crippen molar-refractivity contribution in [3.63, 3.8) is 0 Å². The SMILES string of the molecule is COc1ccccc1C(=O)C1(C(F)(F)F)CCNC1. The number of rotatable bonds is 3. The van der Waals surface area contributed by atoms with Crippen LogP contribution in [0.1, 0.15) is 16.8 Å². The van der Waals surface area contributed by atoms with E-state index in [0.717, 1.165) is 0 Å². The topological polar surface area (TPSA) is 38.3 Å². The summed E-state index contributed by atoms with van der Waals surface area (Å²) in [5.41, 5.74) is -2.37. The van der Waals surface area contributed by atoms with E-state index in [9.17, 15) is 18.0 Å². The molecule has 1 aliphatic rings. The molecule has 3 nitrogen and oxygen atoms in total. The van der Waals surface area contributed by atoms with E-state index < -0.39 is 17.4 Å². The second-order valence-electron chi connectivity index (χ2n) is 4.54. The van der Waals surface area contributed by atoms with Crippen molar-refractivity contribution in [2.45, 2.75) is 12.6 Å². The molecule has 0 radical (unpaired) electrons. The third kappa shape index (κ3) is 2.20. The van der Waals surface area contributed by atoms with Gasteiger partial charge >= 0.3 is 6.18 Å². The van der Waals surface area contributed by atoms with Crippen LogP contribution in [0.3, 0.4) is 0 Å². The van der Waals surface area contributed by atoms with E-state index in [0.29, 0.717) is 0 Å². The van der Waals surface area contributed by atoms with Gasteiger partial charge in [-0.15, -0.1) is 0 Å². The lowest BCUT2D eigenvalue weighted by molar-refractivity contribution is -0.197. The molecule has 1 saturated heterocycles. The number of alkyl halides is 3. The normalized spacial score (nSPS) is 23.4. The van der Waals surface area contributed by atoms with Crippen LogP contribution < -0.4 is 10.1 Å². The first-order chi connectivity index (χ1) is 8.92. The summed E-state index contributed by atoms with van der Waals surface area (Å²) in [5, 5.41) is 2.63. The lowest BCUT2D eigenvalue weighted by Crippen LogP contribution is -2.46. The molecule has 2 rings (SSSR count). The Kier molecular flexibility index (Phi) is 3.54. The van der Waals surface area contributed by atoms with Crippen LogP contribution in [-0.4, -0.2) is 32.2 Å². The summed E-state index contributed by atoms with van der Waals surface area (Å²) in [7, 11) is 1.33. The Hall–Kier alpha value is -1.56. The van der Waals surface area contributed by atoms with Gasteiger partial charge in [0.1, 0.15) is 11.2 Å². The molecule has 1 fully saturated rings. The Bertz CT molecular complexity index is 479. The molecule has 1 N–H and O–H groups in total. The largest absolute Gasteiger partial charge is 0.496 e. The fourth-order valence-electron chi connectivity index (χ4n) is 2.35. The Morgan fingerprint density at radius 3 is 2.58 bits per heavy atom. The molecule has 6 heteroatoms. The fourth-order valence-corrected chi connectivity index (χ4v) is 2.35. The van der Waals surface area contributed by atoms with Crippen molar-refractivity contribution in [1.29, 1.82) is 0 Å². The van der Waals surface area contributed by atoms with Crippen molar-refractivity contribution in [2.75, 3.05) is 20.2 Å². The number of nitrogens with one attached hydrogen (secondary N) is 1. The highest BCUT2D eigenvalue weighted by atomic mass is 19.4. The van der Waals surface area contributed by atoms with Crippen LogP contribution in [-0.2, 0) is 0 Å². The van der Waals surface area contributed by atoms with E-state index in [4.69, 9.17) is 4.74 Å². The van der Waals surface area contributed by atoms with Crippen molar-refractivity contribution in [2.24, 2.45) is 5.41 Å². The number of hydrogen-bond acceptors (Lipinski definition) is 3. The number of carbonyl (C=O) groups is 1. The summed E-state index contributed by atoms with van der Waals surface area (Å²) in [6, 6.07) is 6.00. The Balaban J connectivity index is 2.47. The molecule has 1 atom stereocenters. The molecule has 0 amide bonds. The summed E-state index contributed by atoms with van der Waals surface area (Å²) in [5.74, 6) is -0.759. The van der Waals surface area contributed by atoms with Gasteiger partial charge in [-0.05, 0) is 25.1 Å². The summed E-state index contributed by atoms with van der Waals surface area (Å²) in [4.78, 5) is 12.4. The van der Waals surface area contributed by atoms with Crippen LogP contribution >= 0.6 is 0 Å². The predicted molar refractivity (Wildman–Crippen MR) is 63.3 cm³/mol. The Labute approximate surface area is 108 Å². The van der Waals surface area contributed by atoms with Crippen LogP contribution in [0, 0.1) is 5.41 Å². The molecule has 1 unspecified atom stereocenters. The van der Waals surface area contributed by atoms with Crippen LogP contribution in [0.15, 0.2) is 24.3 Å². The zero-order valence-electron chi connectivity index (χ0n) is 10.4. The summed E-state index contributed by atoms with van der Waals surface area (Å²) >= 11 is 0. The van der Waals surface area contributed by atoms with Gasteiger partial charge in [-0.1, -0.05) is 12.1 Å². The quantitative estimate of drug-likeness (QED) is 0.859. The Morgan fingerprint density at radius 2 is 2.05 bits per heavy atom. The lowest BCUT2D eigenvalue weighted by atomic mass is 9.78. The zero-order chi connectivity index (χ0) is 14.1. The number of hydrogen-bond donors (Lipinski definition) is 1. The second kappa shape index (κ2) is 4.85. The zero-order valence-corrected chi connectivity index (χ0v) is 10.4. The van der Waals surface area contributed by atoms with E-state index in [-0.39, 0.29) is 30.8 Å². The minimum atomic E-state index is -4.57. The molecule has 1 heterocycles. The van der Waals surface area contributed by atoms with Crippen LogP contribution in [0.2, 0.25) is 0 Å². The average molecular weight is 273 g/mol. The Morgan fingerprint density at radius 1 is 1.37 bits per heavy atom. The summed E-state index contributed by atoms with van der Waals surface area (Å²) in [6.45, 7) is -0.201. The first-order valence-electron chi connectivity index (χ1n) is 5.88. The van der Waals surface area contributed by atoms with Gasteiger partial charge in [0, 0.05) is 6.54 Å². The standard InChI is InChI=1S/C13H14F3NO2/c1-19-10-5-3-2-4-9(10)11(18)12(13(14,15)16)6-7-17-8-12/h2-5,17H,6-8H2,1H3. The number of benzene rings is 1. The van der Waals surface area contributed by atoms with E-state index >= 15 is 0 Å². The highest BCUT2D eigenvalue weighted by Crippen LogP contribution is 2.46. The number of ketones is 1. The van der Waals surface area contributed by atoms with Crippen LogP contribution in [0.5, 0.6) is 5.75 Å². The van der Waals surface area contributed by atoms with E-state index in [1.165, 1.54) is 25.3 Å². The van der Waals surface area contributed by atoms with Crippen LogP contribution in [0.25, 0.3) is 0 Å². The van der Waals surface area contributed by atoms with Crippen molar-refractivity contribution in [3.8, 4) is 5.75 Å². The molecule has 104 valence electrons. The molecular weight excluding hydrogens is 259 g/mol. The van der Waals surface area contributed by atoms with E-state index in [2.05, 4.69) is 5.32 Å². The second-order valence-corrected chi connectivity index (χ2v) is 4.54. The van der Waals surface area contributed by atoms with Gasteiger partial charge in [-0.3, -0.25) is 4.79 Å². The molecule has 1 aliphatic heterocycles. The highest BCUT2D eigenvalue weighted by molar-refractivity contribution is 6.03. The molecule has 0 saturated carbocycles. The molecule has 0 bridgehead atoms. The lowest BCUT2D eigenvalue weighted by Gasteiger charge is -2.29. The number of methoxy groups -OCH3 is 1. The van der Waals surface area contributed by atoms with Gasteiger partial charge in [-0.25, -0.2) is 0 Å². The molecular formula is C13H14F3NO2. The van der Waals surface area contributed by atoms with Crippen molar-refractivity contribution >= 4 is 5.78 Å². The van der Waals surface area contributed by atoms with Gasteiger partial charge < -0.3 is 10.1 Å². The maximum atomic E-state index is 13.3. The van der Waals surface area contributed by atoms with Gasteiger partial charge in [0.25, 0.3) is 0 Å². The van der Waals surface area contributed by atoms with Crippen molar-refractivity contribution in [3.05, 3.63) is 29.8 Å². The number of para-hydroxylation sites is 1. The highest BCUT2D eigenvalue weighted by Gasteiger charge is 2.61. The minimum absolute atomic E-state index is 0.0222. The molecule has 0 aliphatic carbocycles. The molecule has 0 aromatic heterocycles. The summed E-state index contributed by atoms with van der Waals surface area (Å²) < 4.78 is 44.8. The predicted octanol–water partition coefficient (Wildman–Crippen LogP) is 2.42. The average Bonchev–Trinajstić information content (AvgIpc) is 2.88. The fraction of sp³-hybridized carbons (Fsp3) is 0.462. The van der Waals surface area contributed by atoms with Gasteiger partial charge in [0.05, 0.1) is 12.7 Å². The van der Waals surface area contributed by atoms with E-state index in [1.807, 2.05) is 0 Å². The van der Waals surface area contributed by atoms with Crippen molar-refractivity contribution < 1.29 is 22.7 Å². The monoisotopic (exact) mass is 273 g/mol. The maximum absolute atomic E-state index is 13.3. The number of ether oxygens (including phenoxy) is 1. The third-order valence-corrected chi connectivity index (χ3v) is 3.48. The third-order valence-electron chi connectivity index (χ3n) is 3.48. The number of carbonyl (C=O) groups excluding carboxylic acids is 1. The van der Waals surface area contributed by atoms with Gasteiger partial charge in [-0.2, -0.15) is 13.2 Å². The first-order valence-corrected chi connectivity index (χ1v) is 5.88. The molecule has 1 aromatic carbocycles. The van der Waals surface area contributed by atoms with Crippen molar-refractivity contribution in [1.82, 2.24) is 5.32 Å². The minimum Gasteiger partial charge on any atom is -0.496 e. The smallest absolute Gasteiger partial charge is 0.402 e. The number of Topliss-reactive ketones (excluding diaryl/α,β-unsaturated/α-hetero) is 1. The maximum Gasteiger partial charge on any atom is 0.402 e. The van der Waals surface area contributed by atoms with E-state index in [1.54, 1.807) is 6.07 Å². The molecule has 1 aromatic rings. The molecule has 0 spiro atoms. The molecule has 19 heavy (non-hydrogen) atoms. The summed E-state index contributed by atoms with van der Waals surface area (Å²) in [6.07, 6.45) is -4.82. The van der Waals surface area contributed by atoms with Crippen LogP contribution in [0.4, 0.5) is 13.2 Å².